The highest BCUT2D eigenvalue weighted by atomic mass is 16.2. The summed E-state index contributed by atoms with van der Waals surface area (Å²) >= 11 is 0. The van der Waals surface area contributed by atoms with Crippen LogP contribution in [0.3, 0.4) is 0 Å². The van der Waals surface area contributed by atoms with Gasteiger partial charge in [0.05, 0.1) is 32.2 Å². The zero-order chi connectivity index (χ0) is 21.5. The van der Waals surface area contributed by atoms with E-state index in [0.29, 0.717) is 19.6 Å². The third-order valence-corrected chi connectivity index (χ3v) is 5.76. The summed E-state index contributed by atoms with van der Waals surface area (Å²) in [6, 6.07) is 29.3. The van der Waals surface area contributed by atoms with Crippen LogP contribution < -0.4 is 10.2 Å². The summed E-state index contributed by atoms with van der Waals surface area (Å²) < 4.78 is 0. The summed E-state index contributed by atoms with van der Waals surface area (Å²) in [5, 5.41) is 3.22. The first-order valence-electron chi connectivity index (χ1n) is 10.8. The second-order valence-electron chi connectivity index (χ2n) is 7.91. The van der Waals surface area contributed by atoms with Gasteiger partial charge >= 0.3 is 0 Å². The van der Waals surface area contributed by atoms with Gasteiger partial charge in [-0.05, 0) is 23.3 Å². The molecule has 0 saturated carbocycles. The quantitative estimate of drug-likeness (QED) is 0.648. The van der Waals surface area contributed by atoms with Crippen LogP contribution in [0.2, 0.25) is 0 Å². The molecule has 0 aliphatic carbocycles. The fourth-order valence-corrected chi connectivity index (χ4v) is 4.06. The average molecular weight is 415 g/mol. The lowest BCUT2D eigenvalue weighted by Gasteiger charge is -2.32. The molecule has 3 aromatic rings. The average Bonchev–Trinajstić information content (AvgIpc) is 2.84. The molecule has 31 heavy (non-hydrogen) atoms. The zero-order valence-corrected chi connectivity index (χ0v) is 17.5. The van der Waals surface area contributed by atoms with Gasteiger partial charge in [-0.3, -0.25) is 9.59 Å². The molecule has 5 nitrogen and oxygen atoms in total. The highest BCUT2D eigenvalue weighted by molar-refractivity contribution is 5.94. The molecule has 1 aliphatic heterocycles. The van der Waals surface area contributed by atoms with Gasteiger partial charge in [-0.15, -0.1) is 0 Å². The Labute approximate surface area is 183 Å². The number of piperazine rings is 1. The number of hydrogen-bond acceptors (Lipinski definition) is 2. The number of rotatable bonds is 6. The molecule has 0 unspecified atom stereocenters. The van der Waals surface area contributed by atoms with Gasteiger partial charge in [-0.25, -0.2) is 0 Å². The molecule has 1 heterocycles. The van der Waals surface area contributed by atoms with Crippen LogP contribution in [0.15, 0.2) is 91.0 Å². The first-order valence-corrected chi connectivity index (χ1v) is 10.8. The minimum absolute atomic E-state index is 0.0237. The molecule has 5 heteroatoms. The standard InChI is InChI=1S/C26H27N3O2/c30-24(27-25(21-10-4-1-5-11-21)22-12-6-2-7-13-22)20-28-16-18-29(19-17-28)26(31)23-14-8-3-9-15-23/h1-15,25H,16-20H2,(H,27,30)/p+1. The highest BCUT2D eigenvalue weighted by Crippen LogP contribution is 2.21. The second-order valence-corrected chi connectivity index (χ2v) is 7.91. The maximum atomic E-state index is 12.9. The number of benzene rings is 3. The predicted octanol–water partition coefficient (Wildman–Crippen LogP) is 1.93. The summed E-state index contributed by atoms with van der Waals surface area (Å²) in [4.78, 5) is 28.6. The fourth-order valence-electron chi connectivity index (χ4n) is 4.06. The predicted molar refractivity (Wildman–Crippen MR) is 121 cm³/mol. The number of hydrogen-bond donors (Lipinski definition) is 2. The molecule has 0 spiro atoms. The summed E-state index contributed by atoms with van der Waals surface area (Å²) in [5.41, 5.74) is 2.85. The van der Waals surface area contributed by atoms with Crippen molar-refractivity contribution in [1.29, 1.82) is 0 Å². The first kappa shape index (κ1) is 20.8. The van der Waals surface area contributed by atoms with E-state index in [1.807, 2.05) is 95.9 Å². The molecule has 2 N–H and O–H groups in total. The maximum Gasteiger partial charge on any atom is 0.275 e. The Morgan fingerprint density at radius 2 is 1.26 bits per heavy atom. The number of nitrogens with one attached hydrogen (secondary N) is 2. The molecule has 1 saturated heterocycles. The number of quaternary nitrogens is 1. The molecule has 158 valence electrons. The van der Waals surface area contributed by atoms with Crippen LogP contribution >= 0.6 is 0 Å². The van der Waals surface area contributed by atoms with E-state index in [1.54, 1.807) is 0 Å². The van der Waals surface area contributed by atoms with Gasteiger partial charge in [0.25, 0.3) is 11.8 Å². The Kier molecular flexibility index (Phi) is 6.75. The highest BCUT2D eigenvalue weighted by Gasteiger charge is 2.27. The molecule has 0 bridgehead atoms. The van der Waals surface area contributed by atoms with E-state index in [2.05, 4.69) is 5.32 Å². The van der Waals surface area contributed by atoms with E-state index < -0.39 is 0 Å². The van der Waals surface area contributed by atoms with Crippen LogP contribution in [0.1, 0.15) is 27.5 Å². The van der Waals surface area contributed by atoms with E-state index in [4.69, 9.17) is 0 Å². The number of carbonyl (C=O) groups excluding carboxylic acids is 2. The van der Waals surface area contributed by atoms with Crippen LogP contribution in [-0.4, -0.2) is 49.4 Å². The molecule has 0 aromatic heterocycles. The molecule has 0 atom stereocenters. The van der Waals surface area contributed by atoms with Crippen LogP contribution in [0.25, 0.3) is 0 Å². The Morgan fingerprint density at radius 3 is 1.77 bits per heavy atom. The lowest BCUT2D eigenvalue weighted by Crippen LogP contribution is -3.15. The van der Waals surface area contributed by atoms with Crippen molar-refractivity contribution in [2.75, 3.05) is 32.7 Å². The Bertz CT molecular complexity index is 945. The molecular formula is C26H28N3O2+. The van der Waals surface area contributed by atoms with Gasteiger partial charge in [-0.2, -0.15) is 0 Å². The van der Waals surface area contributed by atoms with Crippen molar-refractivity contribution in [2.24, 2.45) is 0 Å². The zero-order valence-electron chi connectivity index (χ0n) is 17.5. The Morgan fingerprint density at radius 1 is 0.774 bits per heavy atom. The SMILES string of the molecule is O=C(C[NH+]1CCN(C(=O)c2ccccc2)CC1)NC(c1ccccc1)c1ccccc1. The van der Waals surface area contributed by atoms with E-state index in [9.17, 15) is 9.59 Å². The van der Waals surface area contributed by atoms with Crippen molar-refractivity contribution in [2.45, 2.75) is 6.04 Å². The van der Waals surface area contributed by atoms with E-state index >= 15 is 0 Å². The largest absolute Gasteiger partial charge is 0.340 e. The van der Waals surface area contributed by atoms with Crippen molar-refractivity contribution in [1.82, 2.24) is 10.2 Å². The molecule has 3 aromatic carbocycles. The first-order chi connectivity index (χ1) is 15.2. The summed E-state index contributed by atoms with van der Waals surface area (Å²) in [7, 11) is 0. The van der Waals surface area contributed by atoms with Gasteiger partial charge in [0.15, 0.2) is 6.54 Å². The van der Waals surface area contributed by atoms with Crippen LogP contribution in [0.5, 0.6) is 0 Å². The topological polar surface area (TPSA) is 53.9 Å². The van der Waals surface area contributed by atoms with Crippen LogP contribution in [0, 0.1) is 0 Å². The number of nitrogens with zero attached hydrogens (tertiary/aromatic N) is 1. The molecule has 1 fully saturated rings. The lowest BCUT2D eigenvalue weighted by atomic mass is 9.99. The van der Waals surface area contributed by atoms with E-state index in [0.717, 1.165) is 29.8 Å². The van der Waals surface area contributed by atoms with Crippen molar-refractivity contribution in [3.63, 3.8) is 0 Å². The number of carbonyl (C=O) groups is 2. The number of amides is 2. The van der Waals surface area contributed by atoms with Gasteiger partial charge < -0.3 is 15.1 Å². The maximum absolute atomic E-state index is 12.9. The van der Waals surface area contributed by atoms with Gasteiger partial charge in [-0.1, -0.05) is 78.9 Å². The Hall–Kier alpha value is -3.44. The van der Waals surface area contributed by atoms with Crippen molar-refractivity contribution in [3.8, 4) is 0 Å². The van der Waals surface area contributed by atoms with E-state index in [-0.39, 0.29) is 17.9 Å². The lowest BCUT2D eigenvalue weighted by molar-refractivity contribution is -0.896. The normalized spacial score (nSPS) is 14.4. The smallest absolute Gasteiger partial charge is 0.275 e. The third kappa shape index (κ3) is 5.38. The monoisotopic (exact) mass is 414 g/mol. The minimum Gasteiger partial charge on any atom is -0.340 e. The fraction of sp³-hybridized carbons (Fsp3) is 0.231. The molecule has 4 rings (SSSR count). The molecule has 0 radical (unpaired) electrons. The summed E-state index contributed by atoms with van der Waals surface area (Å²) in [6.07, 6.45) is 0. The van der Waals surface area contributed by atoms with Crippen molar-refractivity contribution >= 4 is 11.8 Å². The van der Waals surface area contributed by atoms with Gasteiger partial charge in [0, 0.05) is 5.56 Å². The van der Waals surface area contributed by atoms with E-state index in [1.165, 1.54) is 4.90 Å². The Balaban J connectivity index is 1.34. The minimum atomic E-state index is -0.171. The van der Waals surface area contributed by atoms with Crippen LogP contribution in [-0.2, 0) is 4.79 Å². The van der Waals surface area contributed by atoms with Crippen molar-refractivity contribution in [3.05, 3.63) is 108 Å². The molecule has 1 aliphatic rings. The third-order valence-electron chi connectivity index (χ3n) is 5.76. The second kappa shape index (κ2) is 10.0. The summed E-state index contributed by atoms with van der Waals surface area (Å²) in [5.74, 6) is 0.0906. The van der Waals surface area contributed by atoms with Gasteiger partial charge in [0.1, 0.15) is 0 Å². The van der Waals surface area contributed by atoms with Crippen LogP contribution in [0.4, 0.5) is 0 Å². The molecule has 2 amide bonds. The van der Waals surface area contributed by atoms with Crippen molar-refractivity contribution < 1.29 is 14.5 Å². The van der Waals surface area contributed by atoms with Gasteiger partial charge in [0.2, 0.25) is 0 Å². The summed E-state index contributed by atoms with van der Waals surface area (Å²) in [6.45, 7) is 3.28. The molecular weight excluding hydrogens is 386 g/mol.